The summed E-state index contributed by atoms with van der Waals surface area (Å²) in [5.41, 5.74) is 3.06. The summed E-state index contributed by atoms with van der Waals surface area (Å²) in [4.78, 5) is 0. The lowest BCUT2D eigenvalue weighted by atomic mass is 9.78. The van der Waals surface area contributed by atoms with Crippen LogP contribution in [0.5, 0.6) is 0 Å². The Kier molecular flexibility index (Phi) is 9.88. The molecule has 24 heavy (non-hydrogen) atoms. The summed E-state index contributed by atoms with van der Waals surface area (Å²) in [6.45, 7) is 2.27. The van der Waals surface area contributed by atoms with Crippen molar-refractivity contribution in [1.29, 1.82) is 0 Å². The fourth-order valence-electron chi connectivity index (χ4n) is 4.16. The molecule has 0 spiro atoms. The molecule has 1 heteroatoms. The second-order valence-corrected chi connectivity index (χ2v) is 8.26. The van der Waals surface area contributed by atoms with Gasteiger partial charge < -0.3 is 0 Å². The van der Waals surface area contributed by atoms with Crippen molar-refractivity contribution in [2.45, 2.75) is 90.4 Å². The van der Waals surface area contributed by atoms with Crippen molar-refractivity contribution in [2.24, 2.45) is 11.8 Å². The predicted molar refractivity (Wildman–Crippen MR) is 108 cm³/mol. The number of rotatable bonds is 11. The normalized spacial score (nSPS) is 21.1. The third-order valence-electron chi connectivity index (χ3n) is 5.90. The van der Waals surface area contributed by atoms with Crippen LogP contribution in [-0.2, 0) is 12.8 Å². The number of aryl methyl sites for hydroxylation is 2. The van der Waals surface area contributed by atoms with E-state index in [2.05, 4.69) is 31.2 Å². The average Bonchev–Trinajstić information content (AvgIpc) is 2.63. The Bertz CT molecular complexity index is 414. The molecule has 0 N–H and O–H groups in total. The first-order chi connectivity index (χ1) is 11.8. The molecule has 0 heterocycles. The molecule has 1 fully saturated rings. The molecule has 0 unspecified atom stereocenters. The molecule has 0 aliphatic heterocycles. The maximum atomic E-state index is 5.78. The van der Waals surface area contributed by atoms with E-state index in [-0.39, 0.29) is 0 Å². The molecule has 1 aliphatic rings. The lowest BCUT2D eigenvalue weighted by Gasteiger charge is -2.28. The van der Waals surface area contributed by atoms with Crippen LogP contribution in [0.2, 0.25) is 0 Å². The zero-order valence-corrected chi connectivity index (χ0v) is 16.5. The average molecular weight is 349 g/mol. The standard InChI is InChI=1S/C23H37Cl/c1-2-3-4-7-20-9-13-22(14-10-20)17-18-23-15-11-21(12-16-23)8-5-6-19-24/h9-10,13-14,21,23H,2-8,11-12,15-19H2,1H3/t21-,23-. The topological polar surface area (TPSA) is 0 Å². The van der Waals surface area contributed by atoms with Crippen LogP contribution in [0.15, 0.2) is 24.3 Å². The van der Waals surface area contributed by atoms with Gasteiger partial charge in [-0.05, 0) is 55.1 Å². The van der Waals surface area contributed by atoms with E-state index in [0.717, 1.165) is 17.7 Å². The van der Waals surface area contributed by atoms with E-state index in [4.69, 9.17) is 11.6 Å². The fourth-order valence-corrected chi connectivity index (χ4v) is 4.35. The third-order valence-corrected chi connectivity index (χ3v) is 6.16. The Morgan fingerprint density at radius 3 is 1.92 bits per heavy atom. The van der Waals surface area contributed by atoms with Gasteiger partial charge in [-0.3, -0.25) is 0 Å². The van der Waals surface area contributed by atoms with Crippen LogP contribution in [-0.4, -0.2) is 5.88 Å². The molecule has 0 radical (unpaired) electrons. The number of hydrogen-bond donors (Lipinski definition) is 0. The number of halogens is 1. The highest BCUT2D eigenvalue weighted by molar-refractivity contribution is 6.17. The van der Waals surface area contributed by atoms with Crippen LogP contribution < -0.4 is 0 Å². The SMILES string of the molecule is CCCCCc1ccc(CC[C@H]2CC[C@H](CCCCCl)CC2)cc1. The molecule has 1 aliphatic carbocycles. The van der Waals surface area contributed by atoms with Crippen molar-refractivity contribution in [3.8, 4) is 0 Å². The molecular weight excluding hydrogens is 312 g/mol. The van der Waals surface area contributed by atoms with Crippen molar-refractivity contribution in [1.82, 2.24) is 0 Å². The molecule has 136 valence electrons. The second-order valence-electron chi connectivity index (χ2n) is 7.88. The van der Waals surface area contributed by atoms with E-state index >= 15 is 0 Å². The predicted octanol–water partition coefficient (Wildman–Crippen LogP) is 7.57. The summed E-state index contributed by atoms with van der Waals surface area (Å²) in [6, 6.07) is 9.47. The smallest absolute Gasteiger partial charge is 0.0223 e. The molecule has 0 amide bonds. The van der Waals surface area contributed by atoms with Crippen molar-refractivity contribution in [3.63, 3.8) is 0 Å². The van der Waals surface area contributed by atoms with E-state index in [1.54, 1.807) is 5.56 Å². The van der Waals surface area contributed by atoms with Crippen molar-refractivity contribution in [3.05, 3.63) is 35.4 Å². The quantitative estimate of drug-likeness (QED) is 0.285. The van der Waals surface area contributed by atoms with Gasteiger partial charge >= 0.3 is 0 Å². The van der Waals surface area contributed by atoms with Gasteiger partial charge in [-0.2, -0.15) is 0 Å². The van der Waals surface area contributed by atoms with Crippen molar-refractivity contribution in [2.75, 3.05) is 5.88 Å². The molecule has 0 bridgehead atoms. The van der Waals surface area contributed by atoms with Gasteiger partial charge in [-0.25, -0.2) is 0 Å². The first kappa shape index (κ1) is 19.8. The number of benzene rings is 1. The van der Waals surface area contributed by atoms with Crippen molar-refractivity contribution >= 4 is 11.6 Å². The highest BCUT2D eigenvalue weighted by Gasteiger charge is 2.20. The minimum atomic E-state index is 0.840. The minimum absolute atomic E-state index is 0.840. The molecule has 1 aromatic rings. The number of hydrogen-bond acceptors (Lipinski definition) is 0. The van der Waals surface area contributed by atoms with Gasteiger partial charge in [0.25, 0.3) is 0 Å². The van der Waals surface area contributed by atoms with Crippen molar-refractivity contribution < 1.29 is 0 Å². The Balaban J connectivity index is 1.62. The highest BCUT2D eigenvalue weighted by Crippen LogP contribution is 2.34. The minimum Gasteiger partial charge on any atom is -0.127 e. The molecule has 2 rings (SSSR count). The molecule has 1 saturated carbocycles. The largest absolute Gasteiger partial charge is 0.127 e. The zero-order chi connectivity index (χ0) is 17.0. The monoisotopic (exact) mass is 348 g/mol. The summed E-state index contributed by atoms with van der Waals surface area (Å²) in [5.74, 6) is 2.80. The van der Waals surface area contributed by atoms with E-state index in [1.807, 2.05) is 0 Å². The highest BCUT2D eigenvalue weighted by atomic mass is 35.5. The van der Waals surface area contributed by atoms with Crippen LogP contribution in [0.4, 0.5) is 0 Å². The summed E-state index contributed by atoms with van der Waals surface area (Å²) in [6.07, 6.45) is 17.7. The van der Waals surface area contributed by atoms with Crippen LogP contribution in [0.3, 0.4) is 0 Å². The third kappa shape index (κ3) is 7.60. The van der Waals surface area contributed by atoms with Gasteiger partial charge in [-0.15, -0.1) is 11.6 Å². The van der Waals surface area contributed by atoms with Crippen LogP contribution >= 0.6 is 11.6 Å². The maximum Gasteiger partial charge on any atom is 0.0223 e. The molecule has 0 aromatic heterocycles. The zero-order valence-electron chi connectivity index (χ0n) is 15.7. The Morgan fingerprint density at radius 2 is 1.33 bits per heavy atom. The van der Waals surface area contributed by atoms with E-state index in [9.17, 15) is 0 Å². The van der Waals surface area contributed by atoms with Crippen LogP contribution in [0.25, 0.3) is 0 Å². The summed E-state index contributed by atoms with van der Waals surface area (Å²) in [7, 11) is 0. The summed E-state index contributed by atoms with van der Waals surface area (Å²) >= 11 is 5.78. The Morgan fingerprint density at radius 1 is 0.750 bits per heavy atom. The van der Waals surface area contributed by atoms with Gasteiger partial charge in [-0.1, -0.05) is 82.6 Å². The van der Waals surface area contributed by atoms with E-state index < -0.39 is 0 Å². The van der Waals surface area contributed by atoms with E-state index in [0.29, 0.717) is 0 Å². The van der Waals surface area contributed by atoms with Gasteiger partial charge in [0.2, 0.25) is 0 Å². The van der Waals surface area contributed by atoms with E-state index in [1.165, 1.54) is 89.0 Å². The molecule has 0 nitrogen and oxygen atoms in total. The Hall–Kier alpha value is -0.490. The summed E-state index contributed by atoms with van der Waals surface area (Å²) in [5, 5.41) is 0. The maximum absolute atomic E-state index is 5.78. The molecule has 0 saturated heterocycles. The lowest BCUT2D eigenvalue weighted by Crippen LogP contribution is -2.15. The molecule has 0 atom stereocenters. The second kappa shape index (κ2) is 12.0. The van der Waals surface area contributed by atoms with Gasteiger partial charge in [0.1, 0.15) is 0 Å². The fraction of sp³-hybridized carbons (Fsp3) is 0.739. The number of unbranched alkanes of at least 4 members (excludes halogenated alkanes) is 3. The summed E-state index contributed by atoms with van der Waals surface area (Å²) < 4.78 is 0. The van der Waals surface area contributed by atoms with Crippen LogP contribution in [0.1, 0.15) is 88.7 Å². The molecular formula is C23H37Cl. The molecule has 1 aromatic carbocycles. The lowest BCUT2D eigenvalue weighted by molar-refractivity contribution is 0.250. The number of alkyl halides is 1. The first-order valence-corrected chi connectivity index (χ1v) is 11.0. The Labute approximate surface area is 155 Å². The van der Waals surface area contributed by atoms with Crippen LogP contribution in [0, 0.1) is 11.8 Å². The first-order valence-electron chi connectivity index (χ1n) is 10.5. The van der Waals surface area contributed by atoms with Gasteiger partial charge in [0, 0.05) is 5.88 Å². The van der Waals surface area contributed by atoms with Gasteiger partial charge in [0.15, 0.2) is 0 Å². The van der Waals surface area contributed by atoms with Gasteiger partial charge in [0.05, 0.1) is 0 Å².